The second-order valence-electron chi connectivity index (χ2n) is 5.11. The third kappa shape index (κ3) is 7.51. The Bertz CT molecular complexity index is 367. The van der Waals surface area contributed by atoms with Crippen molar-refractivity contribution in [1.29, 1.82) is 0 Å². The Morgan fingerprint density at radius 1 is 1.20 bits per heavy atom. The Kier molecular flexibility index (Phi) is 7.84. The zero-order valence-corrected chi connectivity index (χ0v) is 14.4. The van der Waals surface area contributed by atoms with Gasteiger partial charge in [-0.05, 0) is 27.7 Å². The van der Waals surface area contributed by atoms with Gasteiger partial charge in [-0.15, -0.1) is 0 Å². The molecule has 0 aromatic heterocycles. The first-order valence-electron chi connectivity index (χ1n) is 6.04. The van der Waals surface area contributed by atoms with Crippen molar-refractivity contribution in [2.24, 2.45) is 0 Å². The highest BCUT2D eigenvalue weighted by Crippen LogP contribution is 2.06. The third-order valence-corrected chi connectivity index (χ3v) is 2.96. The molecule has 0 aromatic carbocycles. The van der Waals surface area contributed by atoms with E-state index in [1.54, 1.807) is 20.8 Å². The first-order valence-corrected chi connectivity index (χ1v) is 7.57. The van der Waals surface area contributed by atoms with E-state index in [0.717, 1.165) is 0 Å². The number of alkyl halides is 1. The van der Waals surface area contributed by atoms with Crippen LogP contribution in [0.4, 0.5) is 4.79 Å². The summed E-state index contributed by atoms with van der Waals surface area (Å²) < 4.78 is 9.97. The molecular weight excluding hydrogens is 379 g/mol. The van der Waals surface area contributed by atoms with E-state index >= 15 is 0 Å². The lowest BCUT2D eigenvalue weighted by molar-refractivity contribution is -0.144. The van der Waals surface area contributed by atoms with E-state index in [-0.39, 0.29) is 0 Å². The van der Waals surface area contributed by atoms with Crippen molar-refractivity contribution < 1.29 is 23.9 Å². The molecule has 0 bridgehead atoms. The first-order chi connectivity index (χ1) is 9.10. The van der Waals surface area contributed by atoms with Gasteiger partial charge in [-0.25, -0.2) is 9.59 Å². The monoisotopic (exact) mass is 400 g/mol. The van der Waals surface area contributed by atoms with Crippen LogP contribution in [0.15, 0.2) is 0 Å². The lowest BCUT2D eigenvalue weighted by Crippen LogP contribution is -2.51. The molecule has 8 heteroatoms. The van der Waals surface area contributed by atoms with Crippen LogP contribution in [0.1, 0.15) is 27.7 Å². The van der Waals surface area contributed by atoms with E-state index in [1.807, 2.05) is 22.6 Å². The summed E-state index contributed by atoms with van der Waals surface area (Å²) in [5.41, 5.74) is -0.642. The molecule has 2 N–H and O–H groups in total. The molecule has 0 fully saturated rings. The normalized spacial score (nSPS) is 13.9. The van der Waals surface area contributed by atoms with E-state index in [1.165, 1.54) is 14.0 Å². The van der Waals surface area contributed by atoms with Crippen molar-refractivity contribution >= 4 is 40.6 Å². The van der Waals surface area contributed by atoms with Gasteiger partial charge < -0.3 is 20.1 Å². The van der Waals surface area contributed by atoms with E-state index in [0.29, 0.717) is 4.43 Å². The number of nitrogens with one attached hydrogen (secondary N) is 2. The summed E-state index contributed by atoms with van der Waals surface area (Å²) in [7, 11) is 1.25. The fraction of sp³-hybridized carbons (Fsp3) is 0.750. The Morgan fingerprint density at radius 2 is 1.75 bits per heavy atom. The molecular formula is C12H21IN2O5. The van der Waals surface area contributed by atoms with Gasteiger partial charge in [0.25, 0.3) is 0 Å². The number of rotatable bonds is 5. The predicted molar refractivity (Wildman–Crippen MR) is 81.7 cm³/mol. The number of carbonyl (C=O) groups is 3. The molecule has 7 nitrogen and oxygen atoms in total. The minimum atomic E-state index is -0.819. The number of esters is 1. The van der Waals surface area contributed by atoms with Crippen molar-refractivity contribution in [2.75, 3.05) is 11.5 Å². The third-order valence-electron chi connectivity index (χ3n) is 2.08. The molecule has 20 heavy (non-hydrogen) atoms. The molecule has 0 saturated heterocycles. The van der Waals surface area contributed by atoms with E-state index < -0.39 is 35.7 Å². The van der Waals surface area contributed by atoms with Gasteiger partial charge >= 0.3 is 12.1 Å². The number of ether oxygens (including phenoxy) is 2. The number of methoxy groups -OCH3 is 1. The molecule has 0 aliphatic heterocycles. The van der Waals surface area contributed by atoms with Crippen LogP contribution in [0.5, 0.6) is 0 Å². The van der Waals surface area contributed by atoms with Crippen LogP contribution in [0.3, 0.4) is 0 Å². The summed E-state index contributed by atoms with van der Waals surface area (Å²) in [4.78, 5) is 34.7. The molecule has 0 aromatic rings. The van der Waals surface area contributed by atoms with Crippen LogP contribution in [-0.2, 0) is 19.1 Å². The number of amides is 2. The standard InChI is InChI=1S/C12H21IN2O5/c1-7(14-11(18)20-12(2,3)4)9(16)15-8(6-13)10(17)19-5/h7-8H,6H2,1-5H3,(H,14,18)(H,15,16)/t7-,8-/m0/s1. The summed E-state index contributed by atoms with van der Waals surface area (Å²) in [5, 5.41) is 4.89. The molecule has 0 spiro atoms. The minimum Gasteiger partial charge on any atom is -0.467 e. The second kappa shape index (κ2) is 8.28. The van der Waals surface area contributed by atoms with Crippen LogP contribution >= 0.6 is 22.6 Å². The molecule has 116 valence electrons. The Balaban J connectivity index is 4.41. The summed E-state index contributed by atoms with van der Waals surface area (Å²) in [6.45, 7) is 6.67. The highest BCUT2D eigenvalue weighted by molar-refractivity contribution is 14.1. The molecule has 2 atom stereocenters. The lowest BCUT2D eigenvalue weighted by Gasteiger charge is -2.22. The molecule has 0 radical (unpaired) electrons. The van der Waals surface area contributed by atoms with Crippen LogP contribution in [-0.4, -0.2) is 47.2 Å². The number of hydrogen-bond acceptors (Lipinski definition) is 5. The highest BCUT2D eigenvalue weighted by atomic mass is 127. The van der Waals surface area contributed by atoms with Crippen LogP contribution in [0.25, 0.3) is 0 Å². The quantitative estimate of drug-likeness (QED) is 0.408. The van der Waals surface area contributed by atoms with E-state index in [2.05, 4.69) is 15.4 Å². The maximum Gasteiger partial charge on any atom is 0.408 e. The van der Waals surface area contributed by atoms with E-state index in [9.17, 15) is 14.4 Å². The summed E-state index contributed by atoms with van der Waals surface area (Å²) in [5.74, 6) is -1.01. The maximum absolute atomic E-state index is 11.8. The molecule has 0 aliphatic carbocycles. The van der Waals surface area contributed by atoms with Gasteiger partial charge in [0.05, 0.1) is 7.11 Å². The van der Waals surface area contributed by atoms with Gasteiger partial charge in [0.15, 0.2) is 0 Å². The molecule has 0 heterocycles. The smallest absolute Gasteiger partial charge is 0.408 e. The SMILES string of the molecule is COC(=O)[C@H](CI)NC(=O)[C@H](C)NC(=O)OC(C)(C)C. The lowest BCUT2D eigenvalue weighted by atomic mass is 10.2. The molecule has 2 amide bonds. The summed E-state index contributed by atoms with van der Waals surface area (Å²) >= 11 is 1.96. The maximum atomic E-state index is 11.8. The van der Waals surface area contributed by atoms with Gasteiger partial charge in [-0.3, -0.25) is 4.79 Å². The van der Waals surface area contributed by atoms with Gasteiger partial charge in [-0.2, -0.15) is 0 Å². The zero-order valence-electron chi connectivity index (χ0n) is 12.3. The van der Waals surface area contributed by atoms with Gasteiger partial charge in [0, 0.05) is 4.43 Å². The average Bonchev–Trinajstić information content (AvgIpc) is 2.31. The van der Waals surface area contributed by atoms with Crippen molar-refractivity contribution in [1.82, 2.24) is 10.6 Å². The van der Waals surface area contributed by atoms with Crippen LogP contribution < -0.4 is 10.6 Å². The van der Waals surface area contributed by atoms with Crippen molar-refractivity contribution in [2.45, 2.75) is 45.4 Å². The van der Waals surface area contributed by atoms with Crippen molar-refractivity contribution in [3.63, 3.8) is 0 Å². The highest BCUT2D eigenvalue weighted by Gasteiger charge is 2.25. The Morgan fingerprint density at radius 3 is 2.15 bits per heavy atom. The van der Waals surface area contributed by atoms with Crippen molar-refractivity contribution in [3.05, 3.63) is 0 Å². The van der Waals surface area contributed by atoms with Gasteiger partial charge in [-0.1, -0.05) is 22.6 Å². The topological polar surface area (TPSA) is 93.7 Å². The number of alkyl carbamates (subject to hydrolysis) is 1. The Hall–Kier alpha value is -1.06. The van der Waals surface area contributed by atoms with E-state index in [4.69, 9.17) is 4.74 Å². The fourth-order valence-electron chi connectivity index (χ4n) is 1.15. The molecule has 0 unspecified atom stereocenters. The van der Waals surface area contributed by atoms with Gasteiger partial charge in [0.2, 0.25) is 5.91 Å². The predicted octanol–water partition coefficient (Wildman–Crippen LogP) is 0.992. The fourth-order valence-corrected chi connectivity index (χ4v) is 1.73. The number of hydrogen-bond donors (Lipinski definition) is 2. The first kappa shape index (κ1) is 18.9. The number of carbonyl (C=O) groups excluding carboxylic acids is 3. The molecule has 0 rings (SSSR count). The summed E-state index contributed by atoms with van der Waals surface area (Å²) in [6.07, 6.45) is -0.691. The second-order valence-corrected chi connectivity index (χ2v) is 5.99. The van der Waals surface area contributed by atoms with Crippen LogP contribution in [0.2, 0.25) is 0 Å². The van der Waals surface area contributed by atoms with Gasteiger partial charge in [0.1, 0.15) is 17.7 Å². The van der Waals surface area contributed by atoms with Crippen molar-refractivity contribution in [3.8, 4) is 0 Å². The Labute approximate surface area is 132 Å². The minimum absolute atomic E-state index is 0.370. The number of halogens is 1. The average molecular weight is 400 g/mol. The largest absolute Gasteiger partial charge is 0.467 e. The van der Waals surface area contributed by atoms with Crippen LogP contribution in [0, 0.1) is 0 Å². The molecule has 0 aliphatic rings. The zero-order chi connectivity index (χ0) is 15.9. The summed E-state index contributed by atoms with van der Waals surface area (Å²) in [6, 6.07) is -1.56. The molecule has 0 saturated carbocycles.